The van der Waals surface area contributed by atoms with Gasteiger partial charge in [0.15, 0.2) is 5.78 Å². The number of primary sulfonamides is 1. The van der Waals surface area contributed by atoms with Crippen LogP contribution in [0.25, 0.3) is 6.08 Å². The Labute approximate surface area is 146 Å². The molecule has 2 aromatic carbocycles. The highest BCUT2D eigenvalue weighted by molar-refractivity contribution is 7.92. The molecular formula is C16H16N2O5S2. The number of anilines is 1. The van der Waals surface area contributed by atoms with Crippen LogP contribution < -0.4 is 9.86 Å². The zero-order valence-electron chi connectivity index (χ0n) is 13.2. The predicted molar refractivity (Wildman–Crippen MR) is 94.8 cm³/mol. The van der Waals surface area contributed by atoms with E-state index in [1.54, 1.807) is 30.3 Å². The first-order valence-electron chi connectivity index (χ1n) is 7.02. The summed E-state index contributed by atoms with van der Waals surface area (Å²) < 4.78 is 49.4. The van der Waals surface area contributed by atoms with Crippen LogP contribution in [0.15, 0.2) is 64.4 Å². The molecule has 0 saturated carbocycles. The number of carbonyl (C=O) groups is 1. The maximum absolute atomic E-state index is 12.3. The van der Waals surface area contributed by atoms with Gasteiger partial charge in [-0.05, 0) is 55.0 Å². The van der Waals surface area contributed by atoms with Gasteiger partial charge in [-0.2, -0.15) is 0 Å². The van der Waals surface area contributed by atoms with Crippen molar-refractivity contribution in [3.05, 3.63) is 60.2 Å². The molecule has 0 saturated heterocycles. The smallest absolute Gasteiger partial charge is 0.261 e. The Morgan fingerprint density at radius 1 is 0.920 bits per heavy atom. The van der Waals surface area contributed by atoms with E-state index in [0.29, 0.717) is 5.69 Å². The van der Waals surface area contributed by atoms with Crippen molar-refractivity contribution in [3.8, 4) is 0 Å². The maximum atomic E-state index is 12.3. The van der Waals surface area contributed by atoms with Gasteiger partial charge in [0.2, 0.25) is 10.0 Å². The molecule has 0 aliphatic heterocycles. The normalized spacial score (nSPS) is 12.2. The average Bonchev–Trinajstić information content (AvgIpc) is 2.53. The van der Waals surface area contributed by atoms with Crippen molar-refractivity contribution in [2.24, 2.45) is 5.14 Å². The monoisotopic (exact) mass is 380 g/mol. The molecule has 0 spiro atoms. The third-order valence-electron chi connectivity index (χ3n) is 3.14. The van der Waals surface area contributed by atoms with Crippen molar-refractivity contribution in [3.63, 3.8) is 0 Å². The van der Waals surface area contributed by atoms with Gasteiger partial charge < -0.3 is 0 Å². The van der Waals surface area contributed by atoms with Crippen molar-refractivity contribution in [2.45, 2.75) is 16.7 Å². The van der Waals surface area contributed by atoms with Gasteiger partial charge in [0.05, 0.1) is 9.79 Å². The summed E-state index contributed by atoms with van der Waals surface area (Å²) in [5.74, 6) is -0.0901. The van der Waals surface area contributed by atoms with Crippen LogP contribution >= 0.6 is 0 Å². The number of allylic oxidation sites excluding steroid dienone is 1. The first kappa shape index (κ1) is 18.8. The van der Waals surface area contributed by atoms with Gasteiger partial charge in [0, 0.05) is 5.69 Å². The van der Waals surface area contributed by atoms with E-state index in [-0.39, 0.29) is 15.6 Å². The quantitative estimate of drug-likeness (QED) is 0.739. The molecule has 7 nitrogen and oxygen atoms in total. The molecule has 3 N–H and O–H groups in total. The van der Waals surface area contributed by atoms with Crippen molar-refractivity contribution in [1.29, 1.82) is 0 Å². The van der Waals surface area contributed by atoms with E-state index in [0.717, 1.165) is 29.8 Å². The van der Waals surface area contributed by atoms with Crippen LogP contribution in [-0.2, 0) is 24.8 Å². The van der Waals surface area contributed by atoms with E-state index in [1.165, 1.54) is 13.0 Å². The van der Waals surface area contributed by atoms with Crippen LogP contribution in [0.4, 0.5) is 5.69 Å². The van der Waals surface area contributed by atoms with Crippen molar-refractivity contribution in [2.75, 3.05) is 4.72 Å². The Morgan fingerprint density at radius 3 is 1.92 bits per heavy atom. The second-order valence-electron chi connectivity index (χ2n) is 5.19. The number of benzene rings is 2. The highest BCUT2D eigenvalue weighted by Gasteiger charge is 2.16. The molecule has 0 unspecified atom stereocenters. The third-order valence-corrected chi connectivity index (χ3v) is 5.46. The SMILES string of the molecule is CC(=O)/C=C/c1ccc(NS(=O)(=O)c2ccc(S(N)(=O)=O)cc2)cc1. The number of rotatable bonds is 6. The zero-order valence-corrected chi connectivity index (χ0v) is 14.8. The van der Waals surface area contributed by atoms with Crippen LogP contribution in [0.3, 0.4) is 0 Å². The third kappa shape index (κ3) is 5.24. The lowest BCUT2D eigenvalue weighted by Gasteiger charge is -2.09. The minimum Gasteiger partial charge on any atom is -0.295 e. The summed E-state index contributed by atoms with van der Waals surface area (Å²) in [6, 6.07) is 11.0. The molecule has 0 heterocycles. The average molecular weight is 380 g/mol. The van der Waals surface area contributed by atoms with Gasteiger partial charge in [0.25, 0.3) is 10.0 Å². The lowest BCUT2D eigenvalue weighted by atomic mass is 10.2. The highest BCUT2D eigenvalue weighted by Crippen LogP contribution is 2.18. The summed E-state index contributed by atoms with van der Waals surface area (Å²) in [6.07, 6.45) is 3.03. The maximum Gasteiger partial charge on any atom is 0.261 e. The second-order valence-corrected chi connectivity index (χ2v) is 8.43. The fourth-order valence-corrected chi connectivity index (χ4v) is 3.47. The molecule has 2 rings (SSSR count). The van der Waals surface area contributed by atoms with Crippen LogP contribution in [0, 0.1) is 0 Å². The molecule has 132 valence electrons. The predicted octanol–water partition coefficient (Wildman–Crippen LogP) is 1.74. The van der Waals surface area contributed by atoms with Gasteiger partial charge >= 0.3 is 0 Å². The number of nitrogens with two attached hydrogens (primary N) is 1. The molecule has 0 fully saturated rings. The Morgan fingerprint density at radius 2 is 1.44 bits per heavy atom. The van der Waals surface area contributed by atoms with Gasteiger partial charge in [-0.3, -0.25) is 9.52 Å². The summed E-state index contributed by atoms with van der Waals surface area (Å²) in [5, 5.41) is 4.98. The van der Waals surface area contributed by atoms with E-state index >= 15 is 0 Å². The number of ketones is 1. The van der Waals surface area contributed by atoms with Crippen molar-refractivity contribution < 1.29 is 21.6 Å². The summed E-state index contributed by atoms with van der Waals surface area (Å²) in [7, 11) is -7.76. The van der Waals surface area contributed by atoms with Gasteiger partial charge in [-0.1, -0.05) is 18.2 Å². The Balaban J connectivity index is 2.19. The van der Waals surface area contributed by atoms with E-state index in [4.69, 9.17) is 5.14 Å². The van der Waals surface area contributed by atoms with Gasteiger partial charge in [-0.15, -0.1) is 0 Å². The minimum atomic E-state index is -3.89. The first-order valence-corrected chi connectivity index (χ1v) is 10.1. The molecule has 9 heteroatoms. The minimum absolute atomic E-state index is 0.0901. The summed E-state index contributed by atoms with van der Waals surface area (Å²) in [4.78, 5) is 10.6. The molecule has 2 aromatic rings. The van der Waals surface area contributed by atoms with Crippen LogP contribution in [-0.4, -0.2) is 22.6 Å². The van der Waals surface area contributed by atoms with E-state index in [1.807, 2.05) is 0 Å². The Hall–Kier alpha value is -2.49. The fourth-order valence-electron chi connectivity index (χ4n) is 1.90. The van der Waals surface area contributed by atoms with E-state index < -0.39 is 20.0 Å². The summed E-state index contributed by atoms with van der Waals surface area (Å²) in [5.41, 5.74) is 1.08. The number of nitrogens with one attached hydrogen (secondary N) is 1. The van der Waals surface area contributed by atoms with Crippen LogP contribution in [0.2, 0.25) is 0 Å². The molecular weight excluding hydrogens is 364 g/mol. The lowest BCUT2D eigenvalue weighted by Crippen LogP contribution is -2.15. The number of carbonyl (C=O) groups excluding carboxylic acids is 1. The second kappa shape index (κ2) is 7.18. The number of hydrogen-bond acceptors (Lipinski definition) is 5. The summed E-state index contributed by atoms with van der Waals surface area (Å²) >= 11 is 0. The zero-order chi connectivity index (χ0) is 18.7. The molecule has 0 aliphatic carbocycles. The number of hydrogen-bond donors (Lipinski definition) is 2. The van der Waals surface area contributed by atoms with Gasteiger partial charge in [-0.25, -0.2) is 22.0 Å². The van der Waals surface area contributed by atoms with E-state index in [2.05, 4.69) is 4.72 Å². The molecule has 25 heavy (non-hydrogen) atoms. The van der Waals surface area contributed by atoms with Crippen molar-refractivity contribution in [1.82, 2.24) is 0 Å². The standard InChI is InChI=1S/C16H16N2O5S2/c1-12(19)2-3-13-4-6-14(7-5-13)18-25(22,23)16-10-8-15(9-11-16)24(17,20)21/h2-11,18H,1H3,(H2,17,20,21)/b3-2+. The molecule has 0 radical (unpaired) electrons. The number of sulfonamides is 2. The van der Waals surface area contributed by atoms with Crippen LogP contribution in [0.5, 0.6) is 0 Å². The summed E-state index contributed by atoms with van der Waals surface area (Å²) in [6.45, 7) is 1.43. The Bertz CT molecular complexity index is 1010. The molecule has 0 bridgehead atoms. The molecule has 0 aromatic heterocycles. The van der Waals surface area contributed by atoms with Crippen molar-refractivity contribution >= 4 is 37.6 Å². The lowest BCUT2D eigenvalue weighted by molar-refractivity contribution is -0.112. The van der Waals surface area contributed by atoms with Crippen LogP contribution in [0.1, 0.15) is 12.5 Å². The first-order chi connectivity index (χ1) is 11.6. The topological polar surface area (TPSA) is 123 Å². The fraction of sp³-hybridized carbons (Fsp3) is 0.0625. The molecule has 0 atom stereocenters. The highest BCUT2D eigenvalue weighted by atomic mass is 32.2. The van der Waals surface area contributed by atoms with E-state index in [9.17, 15) is 21.6 Å². The Kier molecular flexibility index (Phi) is 5.41. The molecule has 0 amide bonds. The van der Waals surface area contributed by atoms with Gasteiger partial charge in [0.1, 0.15) is 0 Å². The molecule has 0 aliphatic rings. The largest absolute Gasteiger partial charge is 0.295 e.